The molecule has 67 heavy (non-hydrogen) atoms. The second-order valence-corrected chi connectivity index (χ2v) is 19.4. The summed E-state index contributed by atoms with van der Waals surface area (Å²) in [5.41, 5.74) is 0. The Morgan fingerprint density at radius 1 is 0.463 bits per heavy atom. The molecule has 0 amide bonds. The molecule has 0 aromatic rings. The van der Waals surface area contributed by atoms with Crippen LogP contribution in [0.25, 0.3) is 0 Å². The highest BCUT2D eigenvalue weighted by Gasteiger charge is 2.51. The Hall–Kier alpha value is -2.45. The summed E-state index contributed by atoms with van der Waals surface area (Å²) in [6.07, 6.45) is 40.1. The number of phosphoric ester groups is 1. The van der Waals surface area contributed by atoms with Crippen molar-refractivity contribution in [2.75, 3.05) is 13.2 Å². The molecule has 6 unspecified atom stereocenters. The Morgan fingerprint density at radius 3 is 1.36 bits per heavy atom. The van der Waals surface area contributed by atoms with Gasteiger partial charge in [0, 0.05) is 12.8 Å². The molecule has 1 saturated carbocycles. The van der Waals surface area contributed by atoms with E-state index in [-0.39, 0.29) is 12.8 Å². The van der Waals surface area contributed by atoms with Crippen molar-refractivity contribution in [2.45, 2.75) is 249 Å². The number of ether oxygens (including phenoxy) is 2. The van der Waals surface area contributed by atoms with Crippen LogP contribution in [0.3, 0.4) is 0 Å². The van der Waals surface area contributed by atoms with E-state index < -0.39 is 75.7 Å². The molecule has 1 rings (SSSR count). The molecule has 0 aliphatic heterocycles. The minimum atomic E-state index is -5.14. The third kappa shape index (κ3) is 34.5. The first-order valence-electron chi connectivity index (χ1n) is 26.1. The molecular formula is C53H93O13P. The molecule has 6 N–H and O–H groups in total. The van der Waals surface area contributed by atoms with Crippen molar-refractivity contribution < 1.29 is 63.1 Å². The summed E-state index contributed by atoms with van der Waals surface area (Å²) in [4.78, 5) is 35.8. The lowest BCUT2D eigenvalue weighted by Gasteiger charge is -2.41. The number of aliphatic hydroxyl groups is 5. The minimum Gasteiger partial charge on any atom is -0.462 e. The van der Waals surface area contributed by atoms with Gasteiger partial charge in [0.2, 0.25) is 0 Å². The number of carbonyl (C=O) groups is 2. The summed E-state index contributed by atoms with van der Waals surface area (Å²) in [7, 11) is -5.14. The number of hydrogen-bond acceptors (Lipinski definition) is 12. The lowest BCUT2D eigenvalue weighted by atomic mass is 9.85. The predicted octanol–water partition coefficient (Wildman–Crippen LogP) is 11.3. The Morgan fingerprint density at radius 2 is 0.836 bits per heavy atom. The first-order chi connectivity index (χ1) is 32.4. The van der Waals surface area contributed by atoms with Gasteiger partial charge in [0.1, 0.15) is 43.2 Å². The van der Waals surface area contributed by atoms with Crippen LogP contribution in [-0.4, -0.2) is 98.3 Å². The van der Waals surface area contributed by atoms with Crippen LogP contribution in [0.5, 0.6) is 0 Å². The highest BCUT2D eigenvalue weighted by molar-refractivity contribution is 7.47. The zero-order chi connectivity index (χ0) is 49.2. The van der Waals surface area contributed by atoms with E-state index in [1.807, 2.05) is 6.08 Å². The lowest BCUT2D eigenvalue weighted by molar-refractivity contribution is -0.220. The first-order valence-corrected chi connectivity index (χ1v) is 27.6. The van der Waals surface area contributed by atoms with Crippen LogP contribution in [0.1, 0.15) is 206 Å². The summed E-state index contributed by atoms with van der Waals surface area (Å²) < 4.78 is 33.5. The van der Waals surface area contributed by atoms with E-state index >= 15 is 0 Å². The van der Waals surface area contributed by atoms with Crippen molar-refractivity contribution in [3.8, 4) is 0 Å². The number of phosphoric acid groups is 1. The molecule has 1 aliphatic rings. The average Bonchev–Trinajstić information content (AvgIpc) is 3.31. The van der Waals surface area contributed by atoms with E-state index in [2.05, 4.69) is 68.5 Å². The van der Waals surface area contributed by atoms with Crippen molar-refractivity contribution in [3.05, 3.63) is 60.8 Å². The summed E-state index contributed by atoms with van der Waals surface area (Å²) in [6.45, 7) is 3.22. The normalized spacial score (nSPS) is 21.6. The second kappa shape index (κ2) is 42.4. The van der Waals surface area contributed by atoms with Crippen molar-refractivity contribution in [3.63, 3.8) is 0 Å². The molecule has 0 spiro atoms. The molecule has 0 aromatic carbocycles. The van der Waals surface area contributed by atoms with Crippen molar-refractivity contribution in [1.29, 1.82) is 0 Å². The van der Waals surface area contributed by atoms with Crippen LogP contribution < -0.4 is 0 Å². The van der Waals surface area contributed by atoms with Gasteiger partial charge >= 0.3 is 19.8 Å². The maximum absolute atomic E-state index is 12.8. The van der Waals surface area contributed by atoms with Crippen molar-refractivity contribution in [1.82, 2.24) is 0 Å². The predicted molar refractivity (Wildman–Crippen MR) is 267 cm³/mol. The van der Waals surface area contributed by atoms with Gasteiger partial charge in [-0.2, -0.15) is 0 Å². The zero-order valence-corrected chi connectivity index (χ0v) is 42.3. The molecule has 0 saturated heterocycles. The topological polar surface area (TPSA) is 210 Å². The van der Waals surface area contributed by atoms with Crippen molar-refractivity contribution >= 4 is 19.8 Å². The smallest absolute Gasteiger partial charge is 0.462 e. The molecular weight excluding hydrogens is 876 g/mol. The fourth-order valence-electron chi connectivity index (χ4n) is 7.61. The van der Waals surface area contributed by atoms with Crippen LogP contribution in [-0.2, 0) is 32.7 Å². The van der Waals surface area contributed by atoms with Gasteiger partial charge in [-0.05, 0) is 83.5 Å². The van der Waals surface area contributed by atoms with E-state index in [1.165, 1.54) is 109 Å². The van der Waals surface area contributed by atoms with Crippen LogP contribution in [0.15, 0.2) is 60.8 Å². The fourth-order valence-corrected chi connectivity index (χ4v) is 8.58. The standard InChI is InChI=1S/C53H93O13P/c1-3-5-7-9-11-13-15-17-19-20-21-22-23-24-25-26-28-29-31-33-35-37-39-41-46(54)63-43-45(44-64-67(61,62)66-53-51(59)49(57)48(56)50(58)52(53)60)65-47(55)42-40-38-36-34-32-30-27-18-16-14-12-10-8-6-4-2/h12,14,18,26-28,32-35,45,48-53,56-60H,3-11,13,15-17,19-25,29-31,36-44H2,1-2H3,(H,61,62)/b14-12+,27-18+,28-26+,34-32+,35-33+/t45-,48?,49-,50?,51?,52?,53?/m0/s1. The Labute approximate surface area is 404 Å². The van der Waals surface area contributed by atoms with E-state index in [0.29, 0.717) is 19.3 Å². The maximum atomic E-state index is 12.8. The Kier molecular flexibility index (Phi) is 39.6. The number of rotatable bonds is 43. The Balaban J connectivity index is 2.42. The highest BCUT2D eigenvalue weighted by atomic mass is 31.2. The minimum absolute atomic E-state index is 0.0380. The van der Waals surface area contributed by atoms with Crippen LogP contribution in [0, 0.1) is 0 Å². The van der Waals surface area contributed by atoms with Gasteiger partial charge in [-0.1, -0.05) is 171 Å². The third-order valence-electron chi connectivity index (χ3n) is 11.8. The van der Waals surface area contributed by atoms with Gasteiger partial charge in [-0.3, -0.25) is 18.6 Å². The maximum Gasteiger partial charge on any atom is 0.472 e. The molecule has 0 bridgehead atoms. The van der Waals surface area contributed by atoms with Gasteiger partial charge in [0.15, 0.2) is 6.10 Å². The summed E-state index contributed by atoms with van der Waals surface area (Å²) >= 11 is 0. The molecule has 1 fully saturated rings. The summed E-state index contributed by atoms with van der Waals surface area (Å²) in [5.74, 6) is -1.19. The molecule has 1 aliphatic carbocycles. The summed E-state index contributed by atoms with van der Waals surface area (Å²) in [6, 6.07) is 0. The molecule has 388 valence electrons. The molecule has 0 aromatic heterocycles. The van der Waals surface area contributed by atoms with Gasteiger partial charge in [-0.15, -0.1) is 0 Å². The molecule has 0 heterocycles. The summed E-state index contributed by atoms with van der Waals surface area (Å²) in [5, 5.41) is 50.2. The number of esters is 2. The van der Waals surface area contributed by atoms with Gasteiger partial charge in [0.05, 0.1) is 6.61 Å². The van der Waals surface area contributed by atoms with Gasteiger partial charge < -0.3 is 39.9 Å². The van der Waals surface area contributed by atoms with E-state index in [9.17, 15) is 44.6 Å². The lowest BCUT2D eigenvalue weighted by Crippen LogP contribution is -2.64. The number of carbonyl (C=O) groups excluding carboxylic acids is 2. The first kappa shape index (κ1) is 62.6. The molecule has 8 atom stereocenters. The number of unbranched alkanes of at least 4 members (excludes halogenated alkanes) is 21. The molecule has 0 radical (unpaired) electrons. The van der Waals surface area contributed by atoms with Gasteiger partial charge in [0.25, 0.3) is 0 Å². The second-order valence-electron chi connectivity index (χ2n) is 18.0. The van der Waals surface area contributed by atoms with Crippen LogP contribution >= 0.6 is 7.82 Å². The van der Waals surface area contributed by atoms with E-state index in [4.69, 9.17) is 18.5 Å². The van der Waals surface area contributed by atoms with E-state index in [0.717, 1.165) is 51.4 Å². The monoisotopic (exact) mass is 969 g/mol. The number of hydrogen-bond donors (Lipinski definition) is 6. The quantitative estimate of drug-likeness (QED) is 0.0146. The Bertz CT molecular complexity index is 1400. The van der Waals surface area contributed by atoms with Crippen LogP contribution in [0.2, 0.25) is 0 Å². The zero-order valence-electron chi connectivity index (χ0n) is 41.4. The van der Waals surface area contributed by atoms with Crippen LogP contribution in [0.4, 0.5) is 0 Å². The molecule has 14 heteroatoms. The average molecular weight is 969 g/mol. The highest BCUT2D eigenvalue weighted by Crippen LogP contribution is 2.47. The molecule has 13 nitrogen and oxygen atoms in total. The van der Waals surface area contributed by atoms with E-state index in [1.54, 1.807) is 0 Å². The van der Waals surface area contributed by atoms with Crippen molar-refractivity contribution in [2.24, 2.45) is 0 Å². The number of allylic oxidation sites excluding steroid dienone is 10. The fraction of sp³-hybridized carbons (Fsp3) is 0.774. The van der Waals surface area contributed by atoms with Gasteiger partial charge in [-0.25, -0.2) is 4.57 Å². The third-order valence-corrected chi connectivity index (χ3v) is 12.8. The number of aliphatic hydroxyl groups excluding tert-OH is 5. The largest absolute Gasteiger partial charge is 0.472 e. The SMILES string of the molecule is CCCCC/C=C/C/C=C/C/C=C/CCCCC(=O)O[C@@H](COC(=O)CCC/C=C/CC/C=C/CCCCCCCCCCCCCCCC)COP(=O)(O)OC1C(O)C(O)C(O)[C@H](O)C1O.